The Bertz CT molecular complexity index is 92.5. The van der Waals surface area contributed by atoms with Crippen LogP contribution in [0, 0.1) is 18.8 Å². The summed E-state index contributed by atoms with van der Waals surface area (Å²) in [4.78, 5) is 0. The van der Waals surface area contributed by atoms with Gasteiger partial charge in [-0.25, -0.2) is 0 Å². The van der Waals surface area contributed by atoms with E-state index in [1.807, 2.05) is 13.8 Å². The van der Waals surface area contributed by atoms with Gasteiger partial charge < -0.3 is 4.74 Å². The number of terminal acetylenes is 1. The van der Waals surface area contributed by atoms with E-state index < -0.39 is 0 Å². The highest BCUT2D eigenvalue weighted by molar-refractivity contribution is 4.69. The third-order valence-electron chi connectivity index (χ3n) is 1.93. The fourth-order valence-corrected chi connectivity index (χ4v) is 1.74. The van der Waals surface area contributed by atoms with Crippen LogP contribution >= 0.6 is 0 Å². The standard InChI is InChI=1S/C8H16O.C2H6.C2H2/c1-6-4-7(2)9-8(3)5-6;2*1-2/h6-8H,4-5H2,1-3H3;1-2H3;1-2H/t6?,7-,8?;;/m1../s1. The second kappa shape index (κ2) is 9.61. The molecular weight excluding hydrogens is 160 g/mol. The summed E-state index contributed by atoms with van der Waals surface area (Å²) in [6, 6.07) is 0. The van der Waals surface area contributed by atoms with Crippen molar-refractivity contribution in [3.05, 3.63) is 0 Å². The third kappa shape index (κ3) is 7.87. The Morgan fingerprint density at radius 3 is 1.46 bits per heavy atom. The molecule has 1 aliphatic rings. The van der Waals surface area contributed by atoms with Gasteiger partial charge in [0.2, 0.25) is 0 Å². The molecule has 0 saturated carbocycles. The highest BCUT2D eigenvalue weighted by Gasteiger charge is 2.20. The van der Waals surface area contributed by atoms with Crippen LogP contribution in [0.5, 0.6) is 0 Å². The van der Waals surface area contributed by atoms with Gasteiger partial charge >= 0.3 is 0 Å². The summed E-state index contributed by atoms with van der Waals surface area (Å²) >= 11 is 0. The van der Waals surface area contributed by atoms with Crippen LogP contribution in [0.25, 0.3) is 0 Å². The predicted octanol–water partition coefficient (Wildman–Crippen LogP) is 3.49. The molecule has 1 heteroatoms. The molecule has 2 unspecified atom stereocenters. The van der Waals surface area contributed by atoms with Crippen molar-refractivity contribution in [1.29, 1.82) is 0 Å². The van der Waals surface area contributed by atoms with E-state index >= 15 is 0 Å². The van der Waals surface area contributed by atoms with Gasteiger partial charge in [0.05, 0.1) is 12.2 Å². The Kier molecular flexibility index (Phi) is 11.1. The molecule has 0 aromatic rings. The van der Waals surface area contributed by atoms with Crippen LogP contribution in [0.1, 0.15) is 47.5 Å². The number of ether oxygens (including phenoxy) is 1. The fourth-order valence-electron chi connectivity index (χ4n) is 1.74. The molecule has 1 rings (SSSR count). The monoisotopic (exact) mass is 184 g/mol. The molecule has 1 heterocycles. The van der Waals surface area contributed by atoms with Crippen LogP contribution in [-0.2, 0) is 4.74 Å². The van der Waals surface area contributed by atoms with Gasteiger partial charge in [0.15, 0.2) is 0 Å². The Hall–Kier alpha value is -0.480. The minimum absolute atomic E-state index is 0.490. The van der Waals surface area contributed by atoms with Crippen LogP contribution in [0.4, 0.5) is 0 Å². The molecule has 0 aliphatic carbocycles. The van der Waals surface area contributed by atoms with Crippen LogP contribution in [0.15, 0.2) is 0 Å². The van der Waals surface area contributed by atoms with Crippen molar-refractivity contribution in [3.63, 3.8) is 0 Å². The van der Waals surface area contributed by atoms with E-state index in [0.717, 1.165) is 5.92 Å². The highest BCUT2D eigenvalue weighted by atomic mass is 16.5. The SMILES string of the molecule is C#C.CC.CC1CC(C)O[C@H](C)C1. The molecule has 1 fully saturated rings. The zero-order valence-electron chi connectivity index (χ0n) is 9.71. The molecule has 0 bridgehead atoms. The normalized spacial score (nSPS) is 31.8. The Labute approximate surface area is 83.9 Å². The molecule has 1 nitrogen and oxygen atoms in total. The van der Waals surface area contributed by atoms with Gasteiger partial charge in [-0.05, 0) is 32.6 Å². The van der Waals surface area contributed by atoms with Crippen molar-refractivity contribution >= 4 is 0 Å². The maximum absolute atomic E-state index is 5.56. The van der Waals surface area contributed by atoms with Gasteiger partial charge in [-0.15, -0.1) is 12.8 Å². The maximum atomic E-state index is 5.56. The average Bonchev–Trinajstić information content (AvgIpc) is 2.09. The number of hydrogen-bond donors (Lipinski definition) is 0. The molecular formula is C12H24O. The van der Waals surface area contributed by atoms with E-state index in [-0.39, 0.29) is 0 Å². The van der Waals surface area contributed by atoms with Crippen molar-refractivity contribution in [1.82, 2.24) is 0 Å². The third-order valence-corrected chi connectivity index (χ3v) is 1.93. The van der Waals surface area contributed by atoms with E-state index in [1.54, 1.807) is 0 Å². The lowest BCUT2D eigenvalue weighted by molar-refractivity contribution is -0.0485. The largest absolute Gasteiger partial charge is 0.376 e. The summed E-state index contributed by atoms with van der Waals surface area (Å²) in [7, 11) is 0. The van der Waals surface area contributed by atoms with E-state index in [9.17, 15) is 0 Å². The molecule has 1 aliphatic heterocycles. The van der Waals surface area contributed by atoms with Gasteiger partial charge in [0.25, 0.3) is 0 Å². The Morgan fingerprint density at radius 1 is 0.923 bits per heavy atom. The van der Waals surface area contributed by atoms with Crippen molar-refractivity contribution < 1.29 is 4.74 Å². The average molecular weight is 184 g/mol. The lowest BCUT2D eigenvalue weighted by Crippen LogP contribution is -2.27. The summed E-state index contributed by atoms with van der Waals surface area (Å²) in [5.74, 6) is 0.865. The molecule has 13 heavy (non-hydrogen) atoms. The van der Waals surface area contributed by atoms with Gasteiger partial charge in [-0.2, -0.15) is 0 Å². The van der Waals surface area contributed by atoms with Crippen molar-refractivity contribution in [2.45, 2.75) is 59.7 Å². The van der Waals surface area contributed by atoms with Crippen molar-refractivity contribution in [2.24, 2.45) is 5.92 Å². The second-order valence-electron chi connectivity index (χ2n) is 3.33. The van der Waals surface area contributed by atoms with Crippen LogP contribution < -0.4 is 0 Å². The first-order valence-electron chi connectivity index (χ1n) is 5.17. The van der Waals surface area contributed by atoms with Gasteiger partial charge in [-0.3, -0.25) is 0 Å². The summed E-state index contributed by atoms with van der Waals surface area (Å²) < 4.78 is 5.56. The van der Waals surface area contributed by atoms with Gasteiger partial charge in [0.1, 0.15) is 0 Å². The lowest BCUT2D eigenvalue weighted by Gasteiger charge is -2.29. The zero-order chi connectivity index (χ0) is 10.9. The molecule has 78 valence electrons. The summed E-state index contributed by atoms with van der Waals surface area (Å²) in [6.07, 6.45) is 11.5. The Balaban J connectivity index is 0. The number of hydrogen-bond acceptors (Lipinski definition) is 1. The van der Waals surface area contributed by atoms with Crippen LogP contribution in [0.2, 0.25) is 0 Å². The lowest BCUT2D eigenvalue weighted by atomic mass is 9.95. The quantitative estimate of drug-likeness (QED) is 0.524. The van der Waals surface area contributed by atoms with E-state index in [4.69, 9.17) is 4.74 Å². The minimum Gasteiger partial charge on any atom is -0.376 e. The molecule has 1 saturated heterocycles. The first-order chi connectivity index (χ1) is 6.18. The minimum atomic E-state index is 0.490. The molecule has 0 aromatic heterocycles. The van der Waals surface area contributed by atoms with Crippen molar-refractivity contribution in [3.8, 4) is 12.8 Å². The fraction of sp³-hybridized carbons (Fsp3) is 0.833. The number of rotatable bonds is 0. The van der Waals surface area contributed by atoms with E-state index in [2.05, 4.69) is 33.6 Å². The molecule has 0 N–H and O–H groups in total. The van der Waals surface area contributed by atoms with E-state index in [0.29, 0.717) is 12.2 Å². The molecule has 0 spiro atoms. The topological polar surface area (TPSA) is 9.23 Å². The Morgan fingerprint density at radius 2 is 1.23 bits per heavy atom. The second-order valence-corrected chi connectivity index (χ2v) is 3.33. The van der Waals surface area contributed by atoms with Gasteiger partial charge in [-0.1, -0.05) is 20.8 Å². The van der Waals surface area contributed by atoms with Gasteiger partial charge in [0, 0.05) is 0 Å². The molecule has 0 amide bonds. The summed E-state index contributed by atoms with van der Waals surface area (Å²) in [6.45, 7) is 10.6. The predicted molar refractivity (Wildman–Crippen MR) is 59.6 cm³/mol. The maximum Gasteiger partial charge on any atom is 0.0553 e. The van der Waals surface area contributed by atoms with E-state index in [1.165, 1.54) is 12.8 Å². The highest BCUT2D eigenvalue weighted by Crippen LogP contribution is 2.23. The molecule has 3 atom stereocenters. The zero-order valence-corrected chi connectivity index (χ0v) is 9.71. The first kappa shape index (κ1) is 15.0. The summed E-state index contributed by atoms with van der Waals surface area (Å²) in [5, 5.41) is 0. The smallest absolute Gasteiger partial charge is 0.0553 e. The molecule has 0 aromatic carbocycles. The summed E-state index contributed by atoms with van der Waals surface area (Å²) in [5.41, 5.74) is 0. The molecule has 0 radical (unpaired) electrons. The van der Waals surface area contributed by atoms with Crippen LogP contribution in [-0.4, -0.2) is 12.2 Å². The van der Waals surface area contributed by atoms with Crippen LogP contribution in [0.3, 0.4) is 0 Å². The first-order valence-corrected chi connectivity index (χ1v) is 5.17. The van der Waals surface area contributed by atoms with Crippen molar-refractivity contribution in [2.75, 3.05) is 0 Å².